The average Bonchev–Trinajstić information content (AvgIpc) is 2.46. The first-order chi connectivity index (χ1) is 11.0. The molecule has 0 aliphatic rings. The number of benzene rings is 1. The van der Waals surface area contributed by atoms with Gasteiger partial charge in [0.2, 0.25) is 11.8 Å². The van der Waals surface area contributed by atoms with E-state index in [1.54, 1.807) is 23.7 Å². The quantitative estimate of drug-likeness (QED) is 0.635. The molecule has 1 aromatic carbocycles. The number of nitrogens with zero attached hydrogens (tertiary/aromatic N) is 1. The molecule has 1 rings (SSSR count). The zero-order valence-corrected chi connectivity index (χ0v) is 15.0. The summed E-state index contributed by atoms with van der Waals surface area (Å²) in [5.74, 6) is 1.71. The van der Waals surface area contributed by atoms with E-state index in [0.717, 1.165) is 11.5 Å². The Morgan fingerprint density at radius 2 is 1.78 bits per heavy atom. The van der Waals surface area contributed by atoms with Gasteiger partial charge in [-0.1, -0.05) is 30.3 Å². The van der Waals surface area contributed by atoms with Crippen LogP contribution in [0.2, 0.25) is 0 Å². The largest absolute Gasteiger partial charge is 0.354 e. The van der Waals surface area contributed by atoms with Crippen molar-refractivity contribution in [3.05, 3.63) is 35.9 Å². The molecule has 2 amide bonds. The molecule has 0 spiro atoms. The Morgan fingerprint density at radius 1 is 1.13 bits per heavy atom. The van der Waals surface area contributed by atoms with Gasteiger partial charge < -0.3 is 10.6 Å². The van der Waals surface area contributed by atoms with Crippen LogP contribution < -0.4 is 10.6 Å². The smallest absolute Gasteiger partial charge is 0.234 e. The summed E-state index contributed by atoms with van der Waals surface area (Å²) in [5, 5.41) is 5.69. The molecule has 128 valence electrons. The minimum atomic E-state index is -0.0614. The van der Waals surface area contributed by atoms with Gasteiger partial charge in [0.25, 0.3) is 0 Å². The van der Waals surface area contributed by atoms with Crippen molar-refractivity contribution in [2.75, 3.05) is 32.4 Å². The molecule has 0 aliphatic carbocycles. The van der Waals surface area contributed by atoms with E-state index in [2.05, 4.69) is 22.8 Å². The van der Waals surface area contributed by atoms with Crippen LogP contribution in [-0.2, 0) is 15.3 Å². The van der Waals surface area contributed by atoms with Crippen molar-refractivity contribution in [2.45, 2.75) is 25.6 Å². The topological polar surface area (TPSA) is 61.4 Å². The number of nitrogens with one attached hydrogen (secondary N) is 2. The number of carbonyl (C=O) groups excluding carboxylic acids is 2. The summed E-state index contributed by atoms with van der Waals surface area (Å²) >= 11 is 1.79. The molecule has 6 heteroatoms. The maximum Gasteiger partial charge on any atom is 0.234 e. The summed E-state index contributed by atoms with van der Waals surface area (Å²) in [6.07, 6.45) is 0. The maximum atomic E-state index is 11.8. The molecule has 0 atom stereocenters. The van der Waals surface area contributed by atoms with Gasteiger partial charge in [-0.15, -0.1) is 0 Å². The summed E-state index contributed by atoms with van der Waals surface area (Å²) in [6, 6.07) is 10.4. The Morgan fingerprint density at radius 3 is 2.43 bits per heavy atom. The molecule has 0 saturated heterocycles. The Kier molecular flexibility index (Phi) is 9.40. The van der Waals surface area contributed by atoms with Crippen molar-refractivity contribution in [3.63, 3.8) is 0 Å². The number of hydrogen-bond donors (Lipinski definition) is 2. The van der Waals surface area contributed by atoms with Crippen LogP contribution in [0.3, 0.4) is 0 Å². The van der Waals surface area contributed by atoms with Gasteiger partial charge in [-0.25, -0.2) is 0 Å². The van der Waals surface area contributed by atoms with Crippen molar-refractivity contribution in [3.8, 4) is 0 Å². The molecule has 0 saturated carbocycles. The highest BCUT2D eigenvalue weighted by Crippen LogP contribution is 2.10. The van der Waals surface area contributed by atoms with Crippen LogP contribution in [0.5, 0.6) is 0 Å². The van der Waals surface area contributed by atoms with Gasteiger partial charge in [-0.3, -0.25) is 14.5 Å². The third-order valence-electron chi connectivity index (χ3n) is 2.96. The number of carbonyl (C=O) groups is 2. The van der Waals surface area contributed by atoms with Crippen LogP contribution in [0.15, 0.2) is 30.3 Å². The standard InChI is InChI=1S/C17H27N3O2S/c1-14(2)19-17(22)12-20(3)11-16(21)18-9-10-23-13-15-7-5-4-6-8-15/h4-8,14H,9-13H2,1-3H3,(H,18,21)(H,19,22). The minimum Gasteiger partial charge on any atom is -0.354 e. The lowest BCUT2D eigenvalue weighted by molar-refractivity contribution is -0.124. The summed E-state index contributed by atoms with van der Waals surface area (Å²) in [5.41, 5.74) is 1.29. The Labute approximate surface area is 143 Å². The SMILES string of the molecule is CC(C)NC(=O)CN(C)CC(=O)NCCSCc1ccccc1. The van der Waals surface area contributed by atoms with Gasteiger partial charge in [0.15, 0.2) is 0 Å². The van der Waals surface area contributed by atoms with Crippen LogP contribution in [0.4, 0.5) is 0 Å². The van der Waals surface area contributed by atoms with E-state index in [1.807, 2.05) is 32.0 Å². The van der Waals surface area contributed by atoms with E-state index >= 15 is 0 Å². The molecule has 1 aromatic rings. The summed E-state index contributed by atoms with van der Waals surface area (Å²) < 4.78 is 0. The number of amides is 2. The van der Waals surface area contributed by atoms with Crippen molar-refractivity contribution in [1.29, 1.82) is 0 Å². The molecular formula is C17H27N3O2S. The molecule has 0 bridgehead atoms. The molecule has 0 fully saturated rings. The first kappa shape index (κ1) is 19.5. The Balaban J connectivity index is 2.08. The maximum absolute atomic E-state index is 11.8. The van der Waals surface area contributed by atoms with Gasteiger partial charge >= 0.3 is 0 Å². The van der Waals surface area contributed by atoms with Crippen LogP contribution in [0, 0.1) is 0 Å². The second-order valence-electron chi connectivity index (χ2n) is 5.78. The molecular weight excluding hydrogens is 310 g/mol. The van der Waals surface area contributed by atoms with Crippen LogP contribution in [-0.4, -0.2) is 55.2 Å². The first-order valence-electron chi connectivity index (χ1n) is 7.83. The molecule has 2 N–H and O–H groups in total. The lowest BCUT2D eigenvalue weighted by Crippen LogP contribution is -2.42. The number of hydrogen-bond acceptors (Lipinski definition) is 4. The zero-order chi connectivity index (χ0) is 17.1. The van der Waals surface area contributed by atoms with E-state index in [1.165, 1.54) is 5.56 Å². The fraction of sp³-hybridized carbons (Fsp3) is 0.529. The van der Waals surface area contributed by atoms with Gasteiger partial charge in [0.05, 0.1) is 13.1 Å². The lowest BCUT2D eigenvalue weighted by Gasteiger charge is -2.17. The molecule has 0 heterocycles. The van der Waals surface area contributed by atoms with Crippen molar-refractivity contribution >= 4 is 23.6 Å². The van der Waals surface area contributed by atoms with Crippen molar-refractivity contribution in [1.82, 2.24) is 15.5 Å². The predicted molar refractivity (Wildman–Crippen MR) is 96.4 cm³/mol. The zero-order valence-electron chi connectivity index (χ0n) is 14.2. The monoisotopic (exact) mass is 337 g/mol. The summed E-state index contributed by atoms with van der Waals surface area (Å²) in [6.45, 7) is 4.93. The molecule has 5 nitrogen and oxygen atoms in total. The van der Waals surface area contributed by atoms with Crippen molar-refractivity contribution < 1.29 is 9.59 Å². The molecule has 0 aliphatic heterocycles. The average molecular weight is 337 g/mol. The fourth-order valence-electron chi connectivity index (χ4n) is 2.00. The Hall–Kier alpha value is -1.53. The van der Waals surface area contributed by atoms with Gasteiger partial charge in [0, 0.05) is 24.1 Å². The minimum absolute atomic E-state index is 0.0508. The molecule has 23 heavy (non-hydrogen) atoms. The highest BCUT2D eigenvalue weighted by Gasteiger charge is 2.10. The third-order valence-corrected chi connectivity index (χ3v) is 3.99. The van der Waals surface area contributed by atoms with Crippen molar-refractivity contribution in [2.24, 2.45) is 0 Å². The highest BCUT2D eigenvalue weighted by molar-refractivity contribution is 7.98. The third kappa shape index (κ3) is 9.97. The molecule has 0 unspecified atom stereocenters. The summed E-state index contributed by atoms with van der Waals surface area (Å²) in [7, 11) is 1.77. The molecule has 0 aromatic heterocycles. The normalized spacial score (nSPS) is 10.8. The lowest BCUT2D eigenvalue weighted by atomic mass is 10.2. The van der Waals surface area contributed by atoms with Gasteiger partial charge in [-0.05, 0) is 26.5 Å². The van der Waals surface area contributed by atoms with E-state index in [9.17, 15) is 9.59 Å². The number of rotatable bonds is 10. The van der Waals surface area contributed by atoms with Gasteiger partial charge in [-0.2, -0.15) is 11.8 Å². The van der Waals surface area contributed by atoms with E-state index in [0.29, 0.717) is 6.54 Å². The fourth-order valence-corrected chi connectivity index (χ4v) is 2.82. The highest BCUT2D eigenvalue weighted by atomic mass is 32.2. The van der Waals surface area contributed by atoms with E-state index in [-0.39, 0.29) is 30.9 Å². The number of likely N-dealkylation sites (N-methyl/N-ethyl adjacent to an activating group) is 1. The van der Waals surface area contributed by atoms with E-state index < -0.39 is 0 Å². The van der Waals surface area contributed by atoms with E-state index in [4.69, 9.17) is 0 Å². The van der Waals surface area contributed by atoms with Crippen LogP contribution in [0.25, 0.3) is 0 Å². The Bertz CT molecular complexity index is 480. The number of thioether (sulfide) groups is 1. The molecule has 0 radical (unpaired) electrons. The van der Waals surface area contributed by atoms with Gasteiger partial charge in [0.1, 0.15) is 0 Å². The van der Waals surface area contributed by atoms with Crippen LogP contribution in [0.1, 0.15) is 19.4 Å². The first-order valence-corrected chi connectivity index (χ1v) is 8.99. The second-order valence-corrected chi connectivity index (χ2v) is 6.89. The van der Waals surface area contributed by atoms with Crippen LogP contribution >= 0.6 is 11.8 Å². The predicted octanol–water partition coefficient (Wildman–Crippen LogP) is 1.49. The second kappa shape index (κ2) is 11.1. The summed E-state index contributed by atoms with van der Waals surface area (Å²) in [4.78, 5) is 25.1.